The van der Waals surface area contributed by atoms with Crippen LogP contribution < -0.4 is 18.1 Å². The quantitative estimate of drug-likeness (QED) is 0.317. The molecule has 1 aliphatic rings. The summed E-state index contributed by atoms with van der Waals surface area (Å²) in [4.78, 5) is 7.97. The van der Waals surface area contributed by atoms with Crippen LogP contribution in [0.3, 0.4) is 0 Å². The van der Waals surface area contributed by atoms with Crippen molar-refractivity contribution in [2.24, 2.45) is 4.52 Å². The number of rotatable bonds is 5. The third-order valence-corrected chi connectivity index (χ3v) is 7.51. The first-order valence-electron chi connectivity index (χ1n) is 9.60. The summed E-state index contributed by atoms with van der Waals surface area (Å²) in [5.74, 6) is 2.05. The number of nitrogens with zero attached hydrogens (tertiary/aromatic N) is 3. The highest BCUT2D eigenvalue weighted by atomic mass is 31.2. The first kappa shape index (κ1) is 20.2. The molecule has 3 heterocycles. The van der Waals surface area contributed by atoms with Gasteiger partial charge in [0.15, 0.2) is 11.5 Å². The Morgan fingerprint density at radius 2 is 1.12 bits per heavy atom. The second-order valence-electron chi connectivity index (χ2n) is 6.57. The maximum absolute atomic E-state index is 8.99. The molecule has 2 aromatic heterocycles. The van der Waals surface area contributed by atoms with Crippen molar-refractivity contribution >= 4 is 15.8 Å². The zero-order chi connectivity index (χ0) is 21.8. The average Bonchev–Trinajstić information content (AvgIpc) is 2.96. The Kier molecular flexibility index (Phi) is 5.55. The average molecular weight is 463 g/mol. The summed E-state index contributed by atoms with van der Waals surface area (Å²) in [7, 11) is -5.57. The maximum Gasteiger partial charge on any atom is 0.679 e. The Hall–Kier alpha value is -3.73. The Balaban J connectivity index is 1.57. The topological polar surface area (TPSA) is 98.9 Å². The maximum atomic E-state index is 8.99. The van der Waals surface area contributed by atoms with Crippen molar-refractivity contribution in [3.05, 3.63) is 97.6 Å². The molecule has 158 valence electrons. The van der Waals surface area contributed by atoms with Crippen molar-refractivity contribution in [3.63, 3.8) is 0 Å². The second kappa shape index (κ2) is 8.79. The molecule has 0 spiro atoms. The van der Waals surface area contributed by atoms with Crippen molar-refractivity contribution in [1.29, 1.82) is 5.16 Å². The molecule has 4 aromatic rings. The highest BCUT2D eigenvalue weighted by molar-refractivity contribution is 7.60. The molecule has 1 aliphatic heterocycles. The first-order valence-corrected chi connectivity index (χ1v) is 12.3. The van der Waals surface area contributed by atoms with Gasteiger partial charge < -0.3 is 9.05 Å². The highest BCUT2D eigenvalue weighted by Gasteiger charge is 2.38. The lowest BCUT2D eigenvalue weighted by Crippen LogP contribution is -1.99. The number of pyridine rings is 2. The van der Waals surface area contributed by atoms with Crippen LogP contribution in [0.15, 0.2) is 102 Å². The fourth-order valence-electron chi connectivity index (χ4n) is 3.00. The van der Waals surface area contributed by atoms with Crippen molar-refractivity contribution in [2.45, 2.75) is 0 Å². The summed E-state index contributed by atoms with van der Waals surface area (Å²) < 4.78 is 28.6. The van der Waals surface area contributed by atoms with Gasteiger partial charge in [-0.15, -0.1) is 0 Å². The molecule has 0 amide bonds. The van der Waals surface area contributed by atoms with Crippen LogP contribution in [0, 0.1) is 5.16 Å². The number of benzene rings is 2. The van der Waals surface area contributed by atoms with Gasteiger partial charge in [0, 0.05) is 35.9 Å². The number of para-hydroxylation sites is 2. The zero-order valence-electron chi connectivity index (χ0n) is 16.6. The largest absolute Gasteiger partial charge is 0.679 e. The Morgan fingerprint density at radius 1 is 0.688 bits per heavy atom. The lowest BCUT2D eigenvalue weighted by molar-refractivity contribution is 0.467. The van der Waals surface area contributed by atoms with E-state index in [1.165, 1.54) is 0 Å². The number of hydrogen-bond donors (Lipinski definition) is 1. The van der Waals surface area contributed by atoms with E-state index >= 15 is 0 Å². The van der Waals surface area contributed by atoms with E-state index in [2.05, 4.69) is 14.5 Å². The SMILES string of the molecule is N=P(N=[P+]1Oc2ccccc2-c2ccccc2O1)(Oc1ccncc1)Oc1ccncc1. The van der Waals surface area contributed by atoms with Gasteiger partial charge in [-0.3, -0.25) is 9.97 Å². The van der Waals surface area contributed by atoms with Gasteiger partial charge in [-0.25, -0.2) is 14.2 Å². The van der Waals surface area contributed by atoms with Gasteiger partial charge in [-0.1, -0.05) is 36.4 Å². The van der Waals surface area contributed by atoms with E-state index in [0.717, 1.165) is 11.1 Å². The van der Waals surface area contributed by atoms with E-state index in [0.29, 0.717) is 23.0 Å². The molecule has 1 N–H and O–H groups in total. The molecule has 0 saturated heterocycles. The first-order chi connectivity index (χ1) is 15.7. The van der Waals surface area contributed by atoms with Crippen molar-refractivity contribution in [1.82, 2.24) is 9.97 Å². The molecule has 0 unspecified atom stereocenters. The van der Waals surface area contributed by atoms with Crippen LogP contribution in [0.1, 0.15) is 0 Å². The van der Waals surface area contributed by atoms with Gasteiger partial charge in [-0.05, 0) is 36.4 Å². The summed E-state index contributed by atoms with van der Waals surface area (Å²) in [5.41, 5.74) is 1.78. The summed E-state index contributed by atoms with van der Waals surface area (Å²) in [6, 6.07) is 21.8. The van der Waals surface area contributed by atoms with Gasteiger partial charge in [0.1, 0.15) is 11.5 Å². The summed E-state index contributed by atoms with van der Waals surface area (Å²) in [6.45, 7) is 0. The molecular weight excluding hydrogens is 446 g/mol. The van der Waals surface area contributed by atoms with Crippen molar-refractivity contribution < 1.29 is 18.1 Å². The number of aromatic nitrogens is 2. The van der Waals surface area contributed by atoms with Crippen LogP contribution in [0.5, 0.6) is 23.0 Å². The molecule has 0 bridgehead atoms. The lowest BCUT2D eigenvalue weighted by Gasteiger charge is -2.15. The lowest BCUT2D eigenvalue weighted by atomic mass is 10.0. The Labute approximate surface area is 185 Å². The molecule has 0 fully saturated rings. The normalized spacial score (nSPS) is 12.3. The van der Waals surface area contributed by atoms with E-state index in [1.54, 1.807) is 49.1 Å². The monoisotopic (exact) mass is 463 g/mol. The van der Waals surface area contributed by atoms with Crippen molar-refractivity contribution in [3.8, 4) is 34.1 Å². The Bertz CT molecular complexity index is 1220. The summed E-state index contributed by atoms with van der Waals surface area (Å²) in [5, 5.41) is 8.99. The molecule has 0 atom stereocenters. The van der Waals surface area contributed by atoms with E-state index in [-0.39, 0.29) is 0 Å². The number of fused-ring (bicyclic) bond motifs is 3. The fraction of sp³-hybridized carbons (Fsp3) is 0. The molecule has 8 nitrogen and oxygen atoms in total. The minimum Gasteiger partial charge on any atom is -0.412 e. The minimum atomic E-state index is -3.63. The number of hydrogen-bond acceptors (Lipinski definition) is 7. The van der Waals surface area contributed by atoms with Crippen LogP contribution in [-0.4, -0.2) is 9.97 Å². The van der Waals surface area contributed by atoms with Gasteiger partial charge >= 0.3 is 15.8 Å². The predicted molar refractivity (Wildman–Crippen MR) is 122 cm³/mol. The fourth-order valence-corrected chi connectivity index (χ4v) is 5.89. The van der Waals surface area contributed by atoms with Gasteiger partial charge in [0.05, 0.1) is 4.52 Å². The highest BCUT2D eigenvalue weighted by Crippen LogP contribution is 2.58. The van der Waals surface area contributed by atoms with Gasteiger partial charge in [0.25, 0.3) is 0 Å². The van der Waals surface area contributed by atoms with Crippen LogP contribution in [-0.2, 0) is 0 Å². The number of nitrogens with one attached hydrogen (secondary N) is 1. The van der Waals surface area contributed by atoms with Crippen molar-refractivity contribution in [2.75, 3.05) is 0 Å². The standard InChI is InChI=1S/C22H17N4O4P2/c23-32(29-17-9-13-24-14-10-17,30-18-11-15-25-16-12-18)26-31-27-21-7-3-1-5-19(21)20-6-2-4-8-22(20)28-31/h1-16,23H/q+1. The summed E-state index contributed by atoms with van der Waals surface area (Å²) in [6.07, 6.45) is 6.29. The second-order valence-corrected chi connectivity index (χ2v) is 9.53. The molecule has 5 rings (SSSR count). The van der Waals surface area contributed by atoms with Crippen LogP contribution in [0.2, 0.25) is 0 Å². The van der Waals surface area contributed by atoms with E-state index in [1.807, 2.05) is 48.5 Å². The molecule has 2 aromatic carbocycles. The molecule has 10 heteroatoms. The van der Waals surface area contributed by atoms with E-state index in [9.17, 15) is 0 Å². The van der Waals surface area contributed by atoms with E-state index in [4.69, 9.17) is 23.3 Å². The molecule has 32 heavy (non-hydrogen) atoms. The van der Waals surface area contributed by atoms with E-state index < -0.39 is 15.8 Å². The smallest absolute Gasteiger partial charge is 0.412 e. The molecule has 0 saturated carbocycles. The third-order valence-electron chi connectivity index (χ3n) is 4.37. The van der Waals surface area contributed by atoms with Gasteiger partial charge in [0.2, 0.25) is 0 Å². The zero-order valence-corrected chi connectivity index (χ0v) is 18.4. The predicted octanol–water partition coefficient (Wildman–Crippen LogP) is 7.09. The van der Waals surface area contributed by atoms with Crippen LogP contribution in [0.4, 0.5) is 0 Å². The van der Waals surface area contributed by atoms with Gasteiger partial charge in [-0.2, -0.15) is 0 Å². The molecule has 0 aliphatic carbocycles. The molecular formula is C22H17N4O4P2+. The van der Waals surface area contributed by atoms with Crippen LogP contribution >= 0.6 is 15.8 Å². The molecule has 0 radical (unpaired) electrons. The Morgan fingerprint density at radius 3 is 1.59 bits per heavy atom. The summed E-state index contributed by atoms with van der Waals surface area (Å²) >= 11 is 0. The van der Waals surface area contributed by atoms with Crippen LogP contribution in [0.25, 0.3) is 11.1 Å². The third kappa shape index (κ3) is 4.47. The minimum absolute atomic E-state index is 0.409.